The van der Waals surface area contributed by atoms with Crippen LogP contribution in [0.15, 0.2) is 18.2 Å². The average molecular weight is 247 g/mol. The van der Waals surface area contributed by atoms with Gasteiger partial charge in [0.1, 0.15) is 5.75 Å². The molecule has 4 heteroatoms. The lowest BCUT2D eigenvalue weighted by Gasteiger charge is -2.07. The number of aromatic hydroxyl groups is 1. The highest BCUT2D eigenvalue weighted by atomic mass is 16.4. The van der Waals surface area contributed by atoms with Crippen LogP contribution in [0.1, 0.15) is 35.8 Å². The van der Waals surface area contributed by atoms with Crippen LogP contribution in [0.5, 0.6) is 5.75 Å². The van der Waals surface area contributed by atoms with Gasteiger partial charge in [-0.2, -0.15) is 0 Å². The summed E-state index contributed by atoms with van der Waals surface area (Å²) in [6, 6.07) is 4.89. The summed E-state index contributed by atoms with van der Waals surface area (Å²) >= 11 is 0. The number of unbranched alkanes of at least 4 members (excludes halogenated alkanes) is 1. The van der Waals surface area contributed by atoms with E-state index in [0.717, 1.165) is 30.6 Å². The maximum atomic E-state index is 11.3. The third-order valence-corrected chi connectivity index (χ3v) is 3.26. The normalized spacial score (nSPS) is 11.0. The van der Waals surface area contributed by atoms with E-state index in [1.807, 2.05) is 11.5 Å². The minimum Gasteiger partial charge on any atom is -0.508 e. The molecule has 96 valence electrons. The molecule has 2 aromatic rings. The van der Waals surface area contributed by atoms with Crippen molar-refractivity contribution < 1.29 is 15.0 Å². The van der Waals surface area contributed by atoms with E-state index in [-0.39, 0.29) is 11.3 Å². The van der Waals surface area contributed by atoms with Crippen molar-refractivity contribution in [2.24, 2.45) is 0 Å². The zero-order valence-electron chi connectivity index (χ0n) is 10.6. The molecule has 0 aliphatic rings. The van der Waals surface area contributed by atoms with E-state index in [0.29, 0.717) is 5.39 Å². The third-order valence-electron chi connectivity index (χ3n) is 3.26. The Morgan fingerprint density at radius 2 is 2.11 bits per heavy atom. The number of carbonyl (C=O) groups is 1. The van der Waals surface area contributed by atoms with Crippen molar-refractivity contribution in [1.82, 2.24) is 4.57 Å². The van der Waals surface area contributed by atoms with Crippen molar-refractivity contribution in [2.45, 2.75) is 33.2 Å². The van der Waals surface area contributed by atoms with Crippen molar-refractivity contribution in [3.8, 4) is 5.75 Å². The van der Waals surface area contributed by atoms with Crippen LogP contribution in [0.4, 0.5) is 0 Å². The van der Waals surface area contributed by atoms with E-state index in [1.165, 1.54) is 6.07 Å². The largest absolute Gasteiger partial charge is 0.508 e. The van der Waals surface area contributed by atoms with Gasteiger partial charge in [0.15, 0.2) is 0 Å². The highest BCUT2D eigenvalue weighted by molar-refractivity contribution is 6.05. The van der Waals surface area contributed by atoms with Gasteiger partial charge in [0.2, 0.25) is 0 Å². The molecule has 2 rings (SSSR count). The van der Waals surface area contributed by atoms with Crippen molar-refractivity contribution in [3.05, 3.63) is 29.5 Å². The van der Waals surface area contributed by atoms with E-state index in [2.05, 4.69) is 6.92 Å². The molecule has 0 amide bonds. The van der Waals surface area contributed by atoms with Gasteiger partial charge in [0, 0.05) is 23.1 Å². The summed E-state index contributed by atoms with van der Waals surface area (Å²) in [4.78, 5) is 11.3. The predicted octanol–water partition coefficient (Wildman–Crippen LogP) is 3.15. The third kappa shape index (κ3) is 1.94. The summed E-state index contributed by atoms with van der Waals surface area (Å²) in [7, 11) is 0. The number of aromatic nitrogens is 1. The molecule has 0 radical (unpaired) electrons. The Labute approximate surface area is 105 Å². The fourth-order valence-corrected chi connectivity index (χ4v) is 2.34. The molecule has 1 heterocycles. The molecule has 1 aromatic heterocycles. The van der Waals surface area contributed by atoms with E-state index in [4.69, 9.17) is 0 Å². The fourth-order valence-electron chi connectivity index (χ4n) is 2.34. The first-order valence-corrected chi connectivity index (χ1v) is 6.11. The fraction of sp³-hybridized carbons (Fsp3) is 0.357. The quantitative estimate of drug-likeness (QED) is 0.872. The van der Waals surface area contributed by atoms with Gasteiger partial charge in [-0.15, -0.1) is 0 Å². The van der Waals surface area contributed by atoms with Crippen LogP contribution in [-0.2, 0) is 6.54 Å². The van der Waals surface area contributed by atoms with Crippen molar-refractivity contribution in [1.29, 1.82) is 0 Å². The monoisotopic (exact) mass is 247 g/mol. The Hall–Kier alpha value is -1.97. The number of rotatable bonds is 4. The molecule has 0 unspecified atom stereocenters. The molecule has 0 spiro atoms. The van der Waals surface area contributed by atoms with Gasteiger partial charge < -0.3 is 14.8 Å². The van der Waals surface area contributed by atoms with Crippen molar-refractivity contribution >= 4 is 16.9 Å². The number of aryl methyl sites for hydroxylation is 1. The number of carboxylic acid groups (broad SMARTS) is 1. The van der Waals surface area contributed by atoms with Gasteiger partial charge in [-0.05, 0) is 31.5 Å². The number of benzene rings is 1. The van der Waals surface area contributed by atoms with Gasteiger partial charge in [-0.3, -0.25) is 0 Å². The SMILES string of the molecule is CCCCn1c(C)c(C(=O)O)c2cc(O)ccc21. The van der Waals surface area contributed by atoms with Gasteiger partial charge in [0.25, 0.3) is 0 Å². The van der Waals surface area contributed by atoms with Gasteiger partial charge in [0.05, 0.1) is 5.56 Å². The molecular formula is C14H17NO3. The first-order valence-electron chi connectivity index (χ1n) is 6.11. The molecule has 0 atom stereocenters. The van der Waals surface area contributed by atoms with Crippen LogP contribution in [0, 0.1) is 6.92 Å². The van der Waals surface area contributed by atoms with Crippen molar-refractivity contribution in [2.75, 3.05) is 0 Å². The number of hydrogen-bond acceptors (Lipinski definition) is 2. The van der Waals surface area contributed by atoms with Crippen LogP contribution < -0.4 is 0 Å². The lowest BCUT2D eigenvalue weighted by Crippen LogP contribution is -2.03. The number of phenolic OH excluding ortho intramolecular Hbond substituents is 1. The number of hydrogen-bond donors (Lipinski definition) is 2. The van der Waals surface area contributed by atoms with Gasteiger partial charge in [-0.25, -0.2) is 4.79 Å². The van der Waals surface area contributed by atoms with Gasteiger partial charge in [-0.1, -0.05) is 13.3 Å². The summed E-state index contributed by atoms with van der Waals surface area (Å²) < 4.78 is 2.02. The topological polar surface area (TPSA) is 62.5 Å². The Morgan fingerprint density at radius 1 is 1.39 bits per heavy atom. The Bertz CT molecular complexity index is 599. The molecule has 0 aliphatic heterocycles. The minimum absolute atomic E-state index is 0.0950. The zero-order chi connectivity index (χ0) is 13.3. The summed E-state index contributed by atoms with van der Waals surface area (Å²) in [5, 5.41) is 19.4. The van der Waals surface area contributed by atoms with E-state index in [9.17, 15) is 15.0 Å². The molecule has 18 heavy (non-hydrogen) atoms. The number of carboxylic acids is 1. The maximum absolute atomic E-state index is 11.3. The molecule has 4 nitrogen and oxygen atoms in total. The number of fused-ring (bicyclic) bond motifs is 1. The lowest BCUT2D eigenvalue weighted by molar-refractivity contribution is 0.0698. The molecule has 0 aliphatic carbocycles. The Kier molecular flexibility index (Phi) is 3.28. The first kappa shape index (κ1) is 12.5. The summed E-state index contributed by atoms with van der Waals surface area (Å²) in [5.74, 6) is -0.851. The summed E-state index contributed by atoms with van der Waals surface area (Å²) in [5.41, 5.74) is 1.91. The van der Waals surface area contributed by atoms with Crippen LogP contribution in [0.3, 0.4) is 0 Å². The standard InChI is InChI=1S/C14H17NO3/c1-3-4-7-15-9(2)13(14(17)18)11-8-10(16)5-6-12(11)15/h5-6,8,16H,3-4,7H2,1-2H3,(H,17,18). The second-order valence-electron chi connectivity index (χ2n) is 4.47. The molecule has 0 bridgehead atoms. The van der Waals surface area contributed by atoms with E-state index < -0.39 is 5.97 Å². The second kappa shape index (κ2) is 4.72. The summed E-state index contributed by atoms with van der Waals surface area (Å²) in [6.45, 7) is 4.72. The number of aromatic carboxylic acids is 1. The molecular weight excluding hydrogens is 230 g/mol. The Balaban J connectivity index is 2.70. The van der Waals surface area contributed by atoms with Gasteiger partial charge >= 0.3 is 5.97 Å². The molecule has 2 N–H and O–H groups in total. The highest BCUT2D eigenvalue weighted by Gasteiger charge is 2.19. The molecule has 0 saturated carbocycles. The zero-order valence-corrected chi connectivity index (χ0v) is 10.6. The van der Waals surface area contributed by atoms with Crippen molar-refractivity contribution in [3.63, 3.8) is 0 Å². The first-order chi connectivity index (χ1) is 8.56. The van der Waals surface area contributed by atoms with Crippen LogP contribution in [-0.4, -0.2) is 20.7 Å². The minimum atomic E-state index is -0.946. The van der Waals surface area contributed by atoms with Crippen LogP contribution in [0.25, 0.3) is 10.9 Å². The molecule has 1 aromatic carbocycles. The number of phenols is 1. The van der Waals surface area contributed by atoms with Crippen LogP contribution >= 0.6 is 0 Å². The predicted molar refractivity (Wildman–Crippen MR) is 70.2 cm³/mol. The highest BCUT2D eigenvalue weighted by Crippen LogP contribution is 2.29. The second-order valence-corrected chi connectivity index (χ2v) is 4.47. The van der Waals surface area contributed by atoms with E-state index >= 15 is 0 Å². The maximum Gasteiger partial charge on any atom is 0.338 e. The summed E-state index contributed by atoms with van der Waals surface area (Å²) in [6.07, 6.45) is 2.06. The lowest BCUT2D eigenvalue weighted by atomic mass is 10.1. The van der Waals surface area contributed by atoms with E-state index in [1.54, 1.807) is 12.1 Å². The number of nitrogens with zero attached hydrogens (tertiary/aromatic N) is 1. The average Bonchev–Trinajstić information content (AvgIpc) is 2.58. The smallest absolute Gasteiger partial charge is 0.338 e. The molecule has 0 saturated heterocycles. The van der Waals surface area contributed by atoms with Crippen LogP contribution in [0.2, 0.25) is 0 Å². The Morgan fingerprint density at radius 3 is 2.72 bits per heavy atom. The molecule has 0 fully saturated rings.